The van der Waals surface area contributed by atoms with Gasteiger partial charge in [0.25, 0.3) is 0 Å². The van der Waals surface area contributed by atoms with Crippen molar-refractivity contribution in [1.29, 1.82) is 0 Å². The van der Waals surface area contributed by atoms with E-state index in [0.717, 1.165) is 0 Å². The summed E-state index contributed by atoms with van der Waals surface area (Å²) >= 11 is 0. The second kappa shape index (κ2) is 8.97. The molecule has 0 saturated carbocycles. The number of nitrogen functional groups attached to an aromatic ring is 1. The van der Waals surface area contributed by atoms with Crippen molar-refractivity contribution >= 4 is 11.9 Å². The maximum absolute atomic E-state index is 14.6. The van der Waals surface area contributed by atoms with Crippen LogP contribution in [-0.4, -0.2) is 41.0 Å². The Labute approximate surface area is 195 Å². The fourth-order valence-electron chi connectivity index (χ4n) is 3.65. The van der Waals surface area contributed by atoms with Crippen LogP contribution in [0.4, 0.5) is 10.3 Å². The lowest BCUT2D eigenvalue weighted by Gasteiger charge is -2.22. The topological polar surface area (TPSA) is 133 Å². The first kappa shape index (κ1) is 23.0. The third-order valence-corrected chi connectivity index (χ3v) is 5.43. The van der Waals surface area contributed by atoms with Crippen molar-refractivity contribution < 1.29 is 14.3 Å². The van der Waals surface area contributed by atoms with Gasteiger partial charge in [0.1, 0.15) is 11.5 Å². The van der Waals surface area contributed by atoms with Crippen molar-refractivity contribution in [1.82, 2.24) is 29.9 Å². The van der Waals surface area contributed by atoms with Crippen LogP contribution in [-0.2, 0) is 16.8 Å². The largest absolute Gasteiger partial charge is 0.481 e. The van der Waals surface area contributed by atoms with Crippen LogP contribution in [0.1, 0.15) is 37.2 Å². The third-order valence-electron chi connectivity index (χ3n) is 5.43. The molecule has 0 bridgehead atoms. The van der Waals surface area contributed by atoms with Crippen molar-refractivity contribution in [3.05, 3.63) is 71.4 Å². The van der Waals surface area contributed by atoms with Gasteiger partial charge >= 0.3 is 5.97 Å². The van der Waals surface area contributed by atoms with Gasteiger partial charge in [-0.15, -0.1) is 5.10 Å². The van der Waals surface area contributed by atoms with Crippen LogP contribution in [0, 0.1) is 12.7 Å². The molecule has 4 aromatic rings. The standard InChI is InChI=1S/C24H24FN7O2/c1-14-6-4-8-16(22(14)25)17-10-18(29-23(26)28-17)19-13-32(31-30-19)12-15-7-5-9-20(27-15)24(2,3)11-21(33)34/h4-10,13H,11-12H2,1-3H3,(H,33,34)(H2,26,28,29). The Hall–Kier alpha value is -4.21. The van der Waals surface area contributed by atoms with Gasteiger partial charge in [0, 0.05) is 16.7 Å². The third kappa shape index (κ3) is 4.90. The van der Waals surface area contributed by atoms with E-state index in [2.05, 4.69) is 25.3 Å². The SMILES string of the molecule is Cc1cccc(-c2cc(-c3cn(Cc4cccc(C(C)(C)CC(=O)O)n4)nn3)nc(N)n2)c1F. The van der Waals surface area contributed by atoms with Crippen molar-refractivity contribution in [2.75, 3.05) is 5.73 Å². The van der Waals surface area contributed by atoms with E-state index in [1.165, 1.54) is 0 Å². The number of aryl methyl sites for hydroxylation is 1. The molecular formula is C24H24FN7O2. The van der Waals surface area contributed by atoms with Crippen LogP contribution in [0.2, 0.25) is 0 Å². The van der Waals surface area contributed by atoms with Gasteiger partial charge in [-0.3, -0.25) is 9.78 Å². The van der Waals surface area contributed by atoms with Crippen LogP contribution in [0.3, 0.4) is 0 Å². The summed E-state index contributed by atoms with van der Waals surface area (Å²) in [5, 5.41) is 17.5. The van der Waals surface area contributed by atoms with Crippen LogP contribution in [0.5, 0.6) is 0 Å². The van der Waals surface area contributed by atoms with Crippen molar-refractivity contribution in [2.45, 2.75) is 39.2 Å². The van der Waals surface area contributed by atoms with E-state index in [0.29, 0.717) is 46.1 Å². The summed E-state index contributed by atoms with van der Waals surface area (Å²) in [6, 6.07) is 12.2. The number of carbonyl (C=O) groups is 1. The van der Waals surface area contributed by atoms with Crippen molar-refractivity contribution in [2.24, 2.45) is 0 Å². The van der Waals surface area contributed by atoms with E-state index in [1.807, 2.05) is 32.0 Å². The van der Waals surface area contributed by atoms with Crippen LogP contribution >= 0.6 is 0 Å². The first-order valence-corrected chi connectivity index (χ1v) is 10.6. The van der Waals surface area contributed by atoms with E-state index in [4.69, 9.17) is 5.73 Å². The predicted molar refractivity (Wildman–Crippen MR) is 124 cm³/mol. The molecule has 0 aliphatic carbocycles. The Morgan fingerprint density at radius 1 is 1.09 bits per heavy atom. The highest BCUT2D eigenvalue weighted by molar-refractivity contribution is 5.69. The molecule has 4 rings (SSSR count). The van der Waals surface area contributed by atoms with E-state index in [-0.39, 0.29) is 18.2 Å². The van der Waals surface area contributed by atoms with E-state index >= 15 is 0 Å². The number of rotatable bonds is 7. The molecule has 3 aromatic heterocycles. The first-order valence-electron chi connectivity index (χ1n) is 10.6. The highest BCUT2D eigenvalue weighted by Gasteiger charge is 2.26. The minimum absolute atomic E-state index is 0.00186. The number of nitrogens with two attached hydrogens (primary N) is 1. The number of hydrogen-bond acceptors (Lipinski definition) is 7. The van der Waals surface area contributed by atoms with Crippen LogP contribution < -0.4 is 5.73 Å². The zero-order valence-electron chi connectivity index (χ0n) is 19.0. The molecule has 0 amide bonds. The van der Waals surface area contributed by atoms with Crippen molar-refractivity contribution in [3.8, 4) is 22.6 Å². The molecule has 3 heterocycles. The monoisotopic (exact) mass is 461 g/mol. The van der Waals surface area contributed by atoms with Gasteiger partial charge in [0.2, 0.25) is 5.95 Å². The summed E-state index contributed by atoms with van der Waals surface area (Å²) in [5.74, 6) is -1.25. The first-order chi connectivity index (χ1) is 16.1. The molecule has 9 nitrogen and oxygen atoms in total. The lowest BCUT2D eigenvalue weighted by atomic mass is 9.85. The molecule has 10 heteroatoms. The highest BCUT2D eigenvalue weighted by Crippen LogP contribution is 2.27. The van der Waals surface area contributed by atoms with Gasteiger partial charge in [0.05, 0.1) is 36.2 Å². The normalized spacial score (nSPS) is 11.5. The molecule has 0 atom stereocenters. The second-order valence-corrected chi connectivity index (χ2v) is 8.70. The Morgan fingerprint density at radius 3 is 2.59 bits per heavy atom. The molecule has 174 valence electrons. The maximum atomic E-state index is 14.6. The van der Waals surface area contributed by atoms with Gasteiger partial charge in [-0.05, 0) is 36.8 Å². The van der Waals surface area contributed by atoms with Gasteiger partial charge in [-0.2, -0.15) is 0 Å². The maximum Gasteiger partial charge on any atom is 0.304 e. The smallest absolute Gasteiger partial charge is 0.304 e. The van der Waals surface area contributed by atoms with Crippen LogP contribution in [0.25, 0.3) is 22.6 Å². The van der Waals surface area contributed by atoms with E-state index in [9.17, 15) is 14.3 Å². The lowest BCUT2D eigenvalue weighted by Crippen LogP contribution is -2.23. The molecule has 3 N–H and O–H groups in total. The number of halogens is 1. The number of aliphatic carboxylic acids is 1. The summed E-state index contributed by atoms with van der Waals surface area (Å²) in [4.78, 5) is 24.2. The second-order valence-electron chi connectivity index (χ2n) is 8.70. The molecule has 0 aliphatic heterocycles. The molecule has 0 unspecified atom stereocenters. The molecule has 34 heavy (non-hydrogen) atoms. The number of benzene rings is 1. The summed E-state index contributed by atoms with van der Waals surface area (Å²) in [6.07, 6.45) is 1.66. The van der Waals surface area contributed by atoms with E-state index < -0.39 is 11.4 Å². The molecule has 1 aromatic carbocycles. The summed E-state index contributed by atoms with van der Waals surface area (Å²) < 4.78 is 16.2. The predicted octanol–water partition coefficient (Wildman–Crippen LogP) is 3.63. The minimum atomic E-state index is -0.882. The fraction of sp³-hybridized carbons (Fsp3) is 0.250. The summed E-state index contributed by atoms with van der Waals surface area (Å²) in [5.41, 5.74) is 8.71. The summed E-state index contributed by atoms with van der Waals surface area (Å²) in [6.45, 7) is 5.69. The number of pyridine rings is 1. The number of hydrogen-bond donors (Lipinski definition) is 2. The van der Waals surface area contributed by atoms with Gasteiger partial charge in [-0.1, -0.05) is 37.3 Å². The van der Waals surface area contributed by atoms with Crippen LogP contribution in [0.15, 0.2) is 48.7 Å². The molecule has 0 spiro atoms. The quantitative estimate of drug-likeness (QED) is 0.426. The van der Waals surface area contributed by atoms with Gasteiger partial charge in [-0.25, -0.2) is 19.0 Å². The Balaban J connectivity index is 1.60. The number of anilines is 1. The van der Waals surface area contributed by atoms with Crippen molar-refractivity contribution in [3.63, 3.8) is 0 Å². The Morgan fingerprint density at radius 2 is 1.82 bits per heavy atom. The zero-order chi connectivity index (χ0) is 24.5. The summed E-state index contributed by atoms with van der Waals surface area (Å²) in [7, 11) is 0. The van der Waals surface area contributed by atoms with Gasteiger partial charge in [0.15, 0.2) is 0 Å². The Bertz CT molecular complexity index is 1370. The molecular weight excluding hydrogens is 437 g/mol. The average Bonchev–Trinajstić information content (AvgIpc) is 3.23. The molecule has 0 radical (unpaired) electrons. The molecule has 0 aliphatic rings. The fourth-order valence-corrected chi connectivity index (χ4v) is 3.65. The lowest BCUT2D eigenvalue weighted by molar-refractivity contribution is -0.138. The zero-order valence-corrected chi connectivity index (χ0v) is 19.0. The highest BCUT2D eigenvalue weighted by atomic mass is 19.1. The number of nitrogens with zero attached hydrogens (tertiary/aromatic N) is 6. The minimum Gasteiger partial charge on any atom is -0.481 e. The Kier molecular flexibility index (Phi) is 6.06. The number of carboxylic acid groups (broad SMARTS) is 1. The number of carboxylic acids is 1. The molecule has 0 saturated heterocycles. The average molecular weight is 462 g/mol. The van der Waals surface area contributed by atoms with E-state index in [1.54, 1.807) is 42.1 Å². The number of aromatic nitrogens is 6. The molecule has 0 fully saturated rings. The van der Waals surface area contributed by atoms with Gasteiger partial charge < -0.3 is 10.8 Å².